The van der Waals surface area contributed by atoms with E-state index < -0.39 is 18.2 Å². The number of hydrogen-bond donors (Lipinski definition) is 1. The van der Waals surface area contributed by atoms with Crippen molar-refractivity contribution in [2.24, 2.45) is 11.8 Å². The predicted octanol–water partition coefficient (Wildman–Crippen LogP) is 4.48. The van der Waals surface area contributed by atoms with Gasteiger partial charge in [0.15, 0.2) is 11.7 Å². The number of benzene rings is 1. The lowest BCUT2D eigenvalue weighted by molar-refractivity contribution is -0.140. The summed E-state index contributed by atoms with van der Waals surface area (Å²) in [6.07, 6.45) is 8.35. The van der Waals surface area contributed by atoms with Crippen LogP contribution in [0.1, 0.15) is 74.9 Å². The molecule has 8 nitrogen and oxygen atoms in total. The lowest BCUT2D eigenvalue weighted by atomic mass is 9.85. The molecular weight excluding hydrogens is 434 g/mol. The molecule has 2 amide bonds. The van der Waals surface area contributed by atoms with Crippen LogP contribution < -0.4 is 5.32 Å². The van der Waals surface area contributed by atoms with Crippen molar-refractivity contribution in [3.8, 4) is 0 Å². The Morgan fingerprint density at radius 1 is 1.03 bits per heavy atom. The minimum Gasteiger partial charge on any atom is -0.436 e. The largest absolute Gasteiger partial charge is 0.436 e. The smallest absolute Gasteiger partial charge is 0.408 e. The molecule has 0 radical (unpaired) electrons. The molecule has 2 saturated carbocycles. The molecule has 2 aromatic rings. The number of carbonyl (C=O) groups excluding carboxylic acids is 3. The third kappa shape index (κ3) is 5.26. The first-order valence-corrected chi connectivity index (χ1v) is 12.7. The first-order valence-electron chi connectivity index (χ1n) is 12.7. The zero-order valence-electron chi connectivity index (χ0n) is 19.5. The SMILES string of the molecule is O=C(N[C@H](C(=O)c1nc2ccccc2o1)C1CC1)O[C@@H](CC1CCCCC1)C(=O)N1CCCC1. The third-order valence-electron chi connectivity index (χ3n) is 7.37. The summed E-state index contributed by atoms with van der Waals surface area (Å²) in [5.74, 6) is -0.0537. The van der Waals surface area contributed by atoms with E-state index >= 15 is 0 Å². The number of oxazole rings is 1. The third-order valence-corrected chi connectivity index (χ3v) is 7.37. The van der Waals surface area contributed by atoms with Crippen LogP contribution in [0, 0.1) is 11.8 Å². The van der Waals surface area contributed by atoms with E-state index in [1.54, 1.807) is 12.1 Å². The second kappa shape index (κ2) is 10.2. The molecule has 182 valence electrons. The van der Waals surface area contributed by atoms with Gasteiger partial charge in [-0.25, -0.2) is 9.78 Å². The Bertz CT molecular complexity index is 1000. The van der Waals surface area contributed by atoms with Crippen LogP contribution in [-0.4, -0.2) is 52.9 Å². The van der Waals surface area contributed by atoms with Crippen molar-refractivity contribution in [2.75, 3.05) is 13.1 Å². The number of Topliss-reactive ketones (excluding diaryl/α,β-unsaturated/α-hetero) is 1. The van der Waals surface area contributed by atoms with Crippen molar-refractivity contribution in [2.45, 2.75) is 76.4 Å². The molecule has 0 unspecified atom stereocenters. The van der Waals surface area contributed by atoms with Crippen molar-refractivity contribution in [3.05, 3.63) is 30.2 Å². The molecule has 1 aromatic carbocycles. The fourth-order valence-corrected chi connectivity index (χ4v) is 5.29. The minimum absolute atomic E-state index is 0.00898. The lowest BCUT2D eigenvalue weighted by Crippen LogP contribution is -2.47. The topological polar surface area (TPSA) is 102 Å². The number of carbonyl (C=O) groups is 3. The summed E-state index contributed by atoms with van der Waals surface area (Å²) < 4.78 is 11.4. The molecule has 1 aromatic heterocycles. The number of ketones is 1. The molecule has 5 rings (SSSR count). The summed E-state index contributed by atoms with van der Waals surface area (Å²) in [5, 5.41) is 2.75. The number of hydrogen-bond acceptors (Lipinski definition) is 6. The zero-order valence-corrected chi connectivity index (χ0v) is 19.5. The number of fused-ring (bicyclic) bond motifs is 1. The lowest BCUT2D eigenvalue weighted by Gasteiger charge is -2.29. The molecule has 1 N–H and O–H groups in total. The van der Waals surface area contributed by atoms with Crippen molar-refractivity contribution in [3.63, 3.8) is 0 Å². The van der Waals surface area contributed by atoms with Gasteiger partial charge in [-0.15, -0.1) is 0 Å². The van der Waals surface area contributed by atoms with Crippen LogP contribution in [0.5, 0.6) is 0 Å². The Morgan fingerprint density at radius 2 is 1.76 bits per heavy atom. The van der Waals surface area contributed by atoms with Gasteiger partial charge < -0.3 is 19.4 Å². The molecule has 2 atom stereocenters. The average Bonchev–Trinajstić information content (AvgIpc) is 3.36. The number of aromatic nitrogens is 1. The van der Waals surface area contributed by atoms with Crippen LogP contribution >= 0.6 is 0 Å². The molecule has 2 heterocycles. The quantitative estimate of drug-likeness (QED) is 0.575. The Kier molecular flexibility index (Phi) is 6.83. The normalized spacial score (nSPS) is 20.8. The van der Waals surface area contributed by atoms with Crippen LogP contribution in [0.3, 0.4) is 0 Å². The first kappa shape index (κ1) is 22.9. The second-order valence-electron chi connectivity index (χ2n) is 9.98. The van der Waals surface area contributed by atoms with Crippen molar-refractivity contribution in [1.82, 2.24) is 15.2 Å². The van der Waals surface area contributed by atoms with Gasteiger partial charge in [0.05, 0.1) is 0 Å². The molecule has 34 heavy (non-hydrogen) atoms. The van der Waals surface area contributed by atoms with Crippen molar-refractivity contribution >= 4 is 28.9 Å². The van der Waals surface area contributed by atoms with E-state index in [4.69, 9.17) is 9.15 Å². The van der Waals surface area contributed by atoms with Gasteiger partial charge in [-0.1, -0.05) is 44.2 Å². The summed E-state index contributed by atoms with van der Waals surface area (Å²) in [7, 11) is 0. The van der Waals surface area contributed by atoms with Crippen molar-refractivity contribution in [1.29, 1.82) is 0 Å². The molecule has 2 aliphatic carbocycles. The summed E-state index contributed by atoms with van der Waals surface area (Å²) >= 11 is 0. The van der Waals surface area contributed by atoms with Gasteiger partial charge in [0.2, 0.25) is 5.78 Å². The van der Waals surface area contributed by atoms with Gasteiger partial charge in [-0.2, -0.15) is 0 Å². The number of nitrogens with one attached hydrogen (secondary N) is 1. The van der Waals surface area contributed by atoms with E-state index in [0.29, 0.717) is 36.5 Å². The van der Waals surface area contributed by atoms with E-state index in [0.717, 1.165) is 51.4 Å². The Morgan fingerprint density at radius 3 is 2.47 bits per heavy atom. The highest BCUT2D eigenvalue weighted by Crippen LogP contribution is 2.35. The molecule has 1 aliphatic heterocycles. The van der Waals surface area contributed by atoms with Crippen LogP contribution in [0.2, 0.25) is 0 Å². The zero-order chi connectivity index (χ0) is 23.5. The van der Waals surface area contributed by atoms with Gasteiger partial charge in [-0.3, -0.25) is 9.59 Å². The van der Waals surface area contributed by atoms with E-state index in [2.05, 4.69) is 10.3 Å². The van der Waals surface area contributed by atoms with E-state index in [1.807, 2.05) is 17.0 Å². The number of rotatable bonds is 8. The first-order chi connectivity index (χ1) is 16.6. The predicted molar refractivity (Wildman–Crippen MR) is 125 cm³/mol. The summed E-state index contributed by atoms with van der Waals surface area (Å²) in [6, 6.07) is 6.42. The number of amides is 2. The average molecular weight is 468 g/mol. The van der Waals surface area contributed by atoms with Gasteiger partial charge in [0.1, 0.15) is 11.6 Å². The van der Waals surface area contributed by atoms with Crippen LogP contribution in [0.15, 0.2) is 28.7 Å². The summed E-state index contributed by atoms with van der Waals surface area (Å²) in [6.45, 7) is 1.43. The number of para-hydroxylation sites is 2. The Balaban J connectivity index is 1.27. The maximum atomic E-state index is 13.2. The minimum atomic E-state index is -0.805. The molecule has 3 fully saturated rings. The van der Waals surface area contributed by atoms with Gasteiger partial charge >= 0.3 is 6.09 Å². The van der Waals surface area contributed by atoms with E-state index in [1.165, 1.54) is 6.42 Å². The number of likely N-dealkylation sites (tertiary alicyclic amines) is 1. The maximum absolute atomic E-state index is 13.2. The molecule has 1 saturated heterocycles. The number of alkyl carbamates (subject to hydrolysis) is 1. The maximum Gasteiger partial charge on any atom is 0.408 e. The fraction of sp³-hybridized carbons (Fsp3) is 0.615. The monoisotopic (exact) mass is 467 g/mol. The Labute approximate surface area is 199 Å². The molecule has 3 aliphatic rings. The standard InChI is InChI=1S/C26H33N3O5/c30-23(24-27-19-10-4-5-11-20(19)33-24)22(18-12-13-18)28-26(32)34-21(16-17-8-2-1-3-9-17)25(31)29-14-6-7-15-29/h4-5,10-11,17-18,21-22H,1-3,6-9,12-16H2,(H,28,32)/t21-,22-/m0/s1. The van der Waals surface area contributed by atoms with E-state index in [-0.39, 0.29) is 23.5 Å². The van der Waals surface area contributed by atoms with Crippen LogP contribution in [0.25, 0.3) is 11.1 Å². The van der Waals surface area contributed by atoms with Gasteiger partial charge in [-0.05, 0) is 56.1 Å². The molecule has 8 heteroatoms. The second-order valence-corrected chi connectivity index (χ2v) is 9.98. The summed E-state index contributed by atoms with van der Waals surface area (Å²) in [5.41, 5.74) is 1.14. The number of ether oxygens (including phenoxy) is 1. The van der Waals surface area contributed by atoms with Gasteiger partial charge in [0, 0.05) is 13.1 Å². The Hall–Kier alpha value is -2.90. The van der Waals surface area contributed by atoms with Crippen molar-refractivity contribution < 1.29 is 23.5 Å². The highest BCUT2D eigenvalue weighted by molar-refractivity contribution is 6.00. The summed E-state index contributed by atoms with van der Waals surface area (Å²) in [4.78, 5) is 45.4. The number of nitrogens with zero attached hydrogens (tertiary/aromatic N) is 2. The van der Waals surface area contributed by atoms with E-state index in [9.17, 15) is 14.4 Å². The molecular formula is C26H33N3O5. The highest BCUT2D eigenvalue weighted by atomic mass is 16.6. The van der Waals surface area contributed by atoms with Gasteiger partial charge in [0.25, 0.3) is 11.8 Å². The molecule has 0 bridgehead atoms. The highest BCUT2D eigenvalue weighted by Gasteiger charge is 2.41. The van der Waals surface area contributed by atoms with Crippen LogP contribution in [0.4, 0.5) is 4.79 Å². The van der Waals surface area contributed by atoms with Crippen LogP contribution in [-0.2, 0) is 9.53 Å². The fourth-order valence-electron chi connectivity index (χ4n) is 5.29. The molecule has 0 spiro atoms.